The van der Waals surface area contributed by atoms with E-state index in [-0.39, 0.29) is 11.5 Å². The lowest BCUT2D eigenvalue weighted by molar-refractivity contribution is -0.0309. The third-order valence-corrected chi connectivity index (χ3v) is 4.60. The first kappa shape index (κ1) is 19.6. The molecule has 0 aliphatic carbocycles. The van der Waals surface area contributed by atoms with E-state index in [2.05, 4.69) is 32.4 Å². The van der Waals surface area contributed by atoms with Crippen LogP contribution in [0.15, 0.2) is 30.3 Å². The highest BCUT2D eigenvalue weighted by Crippen LogP contribution is 2.30. The maximum absolute atomic E-state index is 6.18. The van der Waals surface area contributed by atoms with Gasteiger partial charge in [-0.1, -0.05) is 44.2 Å². The zero-order valence-corrected chi connectivity index (χ0v) is 16.8. The third kappa shape index (κ3) is 4.39. The highest BCUT2D eigenvalue weighted by molar-refractivity contribution is 6.28. The van der Waals surface area contributed by atoms with Gasteiger partial charge in [0, 0.05) is 13.2 Å². The van der Waals surface area contributed by atoms with Crippen molar-refractivity contribution in [3.05, 3.63) is 47.0 Å². The van der Waals surface area contributed by atoms with Crippen LogP contribution in [0.2, 0.25) is 5.28 Å². The Bertz CT molecular complexity index is 875. The zero-order chi connectivity index (χ0) is 19.2. The normalized spacial score (nSPS) is 16.7. The SMILES string of the molecule is CC.Cc1nc2c(NCc3ccccc3)nc(Cl)nc2n1C1CCCCO1. The van der Waals surface area contributed by atoms with E-state index < -0.39 is 0 Å². The first-order valence-corrected chi connectivity index (χ1v) is 9.91. The molecule has 27 heavy (non-hydrogen) atoms. The number of imidazole rings is 1. The zero-order valence-electron chi connectivity index (χ0n) is 16.1. The topological polar surface area (TPSA) is 64.9 Å². The molecule has 144 valence electrons. The Labute approximate surface area is 164 Å². The first-order valence-electron chi connectivity index (χ1n) is 9.54. The number of anilines is 1. The predicted molar refractivity (Wildman–Crippen MR) is 109 cm³/mol. The molecule has 1 N–H and O–H groups in total. The Morgan fingerprint density at radius 2 is 1.93 bits per heavy atom. The van der Waals surface area contributed by atoms with Crippen molar-refractivity contribution in [2.24, 2.45) is 0 Å². The van der Waals surface area contributed by atoms with Crippen LogP contribution in [0, 0.1) is 6.92 Å². The van der Waals surface area contributed by atoms with E-state index in [1.54, 1.807) is 0 Å². The number of ether oxygens (including phenoxy) is 1. The first-order chi connectivity index (χ1) is 13.2. The molecule has 1 atom stereocenters. The molecule has 3 heterocycles. The van der Waals surface area contributed by atoms with Crippen LogP contribution < -0.4 is 5.32 Å². The van der Waals surface area contributed by atoms with Crippen molar-refractivity contribution in [2.45, 2.75) is 52.8 Å². The van der Waals surface area contributed by atoms with Crippen LogP contribution in [0.4, 0.5) is 5.82 Å². The van der Waals surface area contributed by atoms with Gasteiger partial charge in [-0.15, -0.1) is 0 Å². The van der Waals surface area contributed by atoms with Crippen molar-refractivity contribution in [3.8, 4) is 0 Å². The van der Waals surface area contributed by atoms with E-state index in [0.29, 0.717) is 12.4 Å². The number of halogens is 1. The van der Waals surface area contributed by atoms with Gasteiger partial charge >= 0.3 is 0 Å². The molecule has 0 radical (unpaired) electrons. The molecule has 0 amide bonds. The minimum atomic E-state index is -0.0355. The molecule has 1 aromatic carbocycles. The van der Waals surface area contributed by atoms with E-state index >= 15 is 0 Å². The van der Waals surface area contributed by atoms with E-state index in [0.717, 1.165) is 48.4 Å². The van der Waals surface area contributed by atoms with Gasteiger partial charge in [0.25, 0.3) is 0 Å². The number of aromatic nitrogens is 4. The van der Waals surface area contributed by atoms with E-state index in [4.69, 9.17) is 16.3 Å². The van der Waals surface area contributed by atoms with Gasteiger partial charge in [0.15, 0.2) is 17.0 Å². The molecule has 0 saturated carbocycles. The van der Waals surface area contributed by atoms with E-state index in [9.17, 15) is 0 Å². The van der Waals surface area contributed by atoms with Crippen molar-refractivity contribution in [3.63, 3.8) is 0 Å². The number of benzene rings is 1. The van der Waals surface area contributed by atoms with Crippen molar-refractivity contribution < 1.29 is 4.74 Å². The van der Waals surface area contributed by atoms with Crippen LogP contribution in [-0.2, 0) is 11.3 Å². The minimum absolute atomic E-state index is 0.0355. The summed E-state index contributed by atoms with van der Waals surface area (Å²) in [4.78, 5) is 13.4. The van der Waals surface area contributed by atoms with Crippen molar-refractivity contribution in [1.82, 2.24) is 19.5 Å². The molecule has 4 rings (SSSR count). The summed E-state index contributed by atoms with van der Waals surface area (Å²) in [6, 6.07) is 10.1. The number of nitrogens with zero attached hydrogens (tertiary/aromatic N) is 4. The molecule has 1 saturated heterocycles. The van der Waals surface area contributed by atoms with Crippen LogP contribution in [-0.4, -0.2) is 26.1 Å². The fourth-order valence-corrected chi connectivity index (χ4v) is 3.40. The molecule has 1 fully saturated rings. The Balaban J connectivity index is 0.00000102. The molecule has 1 aliphatic rings. The maximum Gasteiger partial charge on any atom is 0.226 e. The Morgan fingerprint density at radius 3 is 2.63 bits per heavy atom. The van der Waals surface area contributed by atoms with E-state index in [1.807, 2.05) is 43.5 Å². The summed E-state index contributed by atoms with van der Waals surface area (Å²) in [6.45, 7) is 7.38. The van der Waals surface area contributed by atoms with Crippen LogP contribution in [0.3, 0.4) is 0 Å². The average molecular weight is 388 g/mol. The molecular formula is C20H26ClN5O. The van der Waals surface area contributed by atoms with Crippen LogP contribution >= 0.6 is 11.6 Å². The quantitative estimate of drug-likeness (QED) is 0.629. The fraction of sp³-hybridized carbons (Fsp3) is 0.450. The van der Waals surface area contributed by atoms with Crippen molar-refractivity contribution in [1.29, 1.82) is 0 Å². The van der Waals surface area contributed by atoms with Crippen molar-refractivity contribution >= 4 is 28.6 Å². The predicted octanol–water partition coefficient (Wildman–Crippen LogP) is 5.13. The van der Waals surface area contributed by atoms with Gasteiger partial charge in [0.05, 0.1) is 0 Å². The highest BCUT2D eigenvalue weighted by atomic mass is 35.5. The fourth-order valence-electron chi connectivity index (χ4n) is 3.23. The Kier molecular flexibility index (Phi) is 6.63. The molecule has 2 aromatic heterocycles. The molecular weight excluding hydrogens is 362 g/mol. The van der Waals surface area contributed by atoms with Gasteiger partial charge in [-0.2, -0.15) is 9.97 Å². The molecule has 1 unspecified atom stereocenters. The second-order valence-electron chi connectivity index (χ2n) is 6.20. The lowest BCUT2D eigenvalue weighted by atomic mass is 10.2. The summed E-state index contributed by atoms with van der Waals surface area (Å²) in [5, 5.41) is 3.54. The number of fused-ring (bicyclic) bond motifs is 1. The van der Waals surface area contributed by atoms with Gasteiger partial charge in [-0.05, 0) is 43.4 Å². The summed E-state index contributed by atoms with van der Waals surface area (Å²) in [5.74, 6) is 1.51. The third-order valence-electron chi connectivity index (χ3n) is 4.44. The standard InChI is InChI=1S/C18H20ClN5O.C2H6/c1-12-21-15-16(20-11-13-7-3-2-4-8-13)22-18(19)23-17(15)24(12)14-9-5-6-10-25-14;1-2/h2-4,7-8,14H,5-6,9-11H2,1H3,(H,20,22,23);1-2H3. The van der Waals surface area contributed by atoms with Gasteiger partial charge in [0.2, 0.25) is 5.28 Å². The smallest absolute Gasteiger partial charge is 0.226 e. The van der Waals surface area contributed by atoms with Crippen LogP contribution in [0.1, 0.15) is 50.7 Å². The summed E-state index contributed by atoms with van der Waals surface area (Å²) in [5.41, 5.74) is 2.61. The average Bonchev–Trinajstić information content (AvgIpc) is 3.05. The minimum Gasteiger partial charge on any atom is -0.364 e. The number of rotatable bonds is 4. The van der Waals surface area contributed by atoms with Gasteiger partial charge < -0.3 is 10.1 Å². The second-order valence-corrected chi connectivity index (χ2v) is 6.54. The Hall–Kier alpha value is -2.18. The van der Waals surface area contributed by atoms with Gasteiger partial charge in [-0.3, -0.25) is 4.57 Å². The lowest BCUT2D eigenvalue weighted by Gasteiger charge is -2.25. The number of nitrogens with one attached hydrogen (secondary N) is 1. The maximum atomic E-state index is 6.18. The molecule has 7 heteroatoms. The number of hydrogen-bond donors (Lipinski definition) is 1. The largest absolute Gasteiger partial charge is 0.364 e. The molecule has 1 aliphatic heterocycles. The number of aryl methyl sites for hydroxylation is 1. The lowest BCUT2D eigenvalue weighted by Crippen LogP contribution is -2.19. The van der Waals surface area contributed by atoms with Crippen LogP contribution in [0.5, 0.6) is 0 Å². The molecule has 3 aromatic rings. The monoisotopic (exact) mass is 387 g/mol. The van der Waals surface area contributed by atoms with Gasteiger partial charge in [0.1, 0.15) is 12.1 Å². The summed E-state index contributed by atoms with van der Waals surface area (Å²) >= 11 is 6.18. The van der Waals surface area contributed by atoms with Gasteiger partial charge in [-0.25, -0.2) is 4.98 Å². The summed E-state index contributed by atoms with van der Waals surface area (Å²) < 4.78 is 7.96. The van der Waals surface area contributed by atoms with Crippen molar-refractivity contribution in [2.75, 3.05) is 11.9 Å². The Morgan fingerprint density at radius 1 is 1.15 bits per heavy atom. The highest BCUT2D eigenvalue weighted by Gasteiger charge is 2.23. The summed E-state index contributed by atoms with van der Waals surface area (Å²) in [7, 11) is 0. The summed E-state index contributed by atoms with van der Waals surface area (Å²) in [6.07, 6.45) is 3.16. The number of hydrogen-bond acceptors (Lipinski definition) is 5. The second kappa shape index (κ2) is 9.15. The van der Waals surface area contributed by atoms with E-state index in [1.165, 1.54) is 0 Å². The van der Waals surface area contributed by atoms with Crippen LogP contribution in [0.25, 0.3) is 11.2 Å². The molecule has 0 spiro atoms. The molecule has 6 nitrogen and oxygen atoms in total. The molecule has 0 bridgehead atoms.